The number of amides is 1. The van der Waals surface area contributed by atoms with Crippen LogP contribution in [-0.2, 0) is 11.3 Å². The quantitative estimate of drug-likeness (QED) is 0.824. The molecule has 0 N–H and O–H groups in total. The van der Waals surface area contributed by atoms with Crippen molar-refractivity contribution in [1.82, 2.24) is 19.4 Å². The Labute approximate surface area is 153 Å². The Hall–Kier alpha value is -1.53. The molecule has 0 atom stereocenters. The first-order valence-corrected chi connectivity index (χ1v) is 10.4. The maximum Gasteiger partial charge on any atom is 0.232 e. The minimum Gasteiger partial charge on any atom is -0.339 e. The molecule has 0 bridgehead atoms. The monoisotopic (exact) mass is 358 g/mol. The van der Waals surface area contributed by atoms with E-state index in [0.717, 1.165) is 49.2 Å². The largest absolute Gasteiger partial charge is 0.339 e. The lowest BCUT2D eigenvalue weighted by Gasteiger charge is -2.34. The fraction of sp³-hybridized carbons (Fsp3) is 0.579. The van der Waals surface area contributed by atoms with E-state index in [0.29, 0.717) is 11.7 Å². The highest BCUT2D eigenvalue weighted by molar-refractivity contribution is 8.00. The molecule has 5 nitrogen and oxygen atoms in total. The Balaban J connectivity index is 1.24. The number of pyridine rings is 1. The van der Waals surface area contributed by atoms with E-state index in [1.807, 2.05) is 39.5 Å². The van der Waals surface area contributed by atoms with Gasteiger partial charge in [0.25, 0.3) is 0 Å². The standard InChI is InChI=1S/C19H26N4OS/c24-19(15-25-18-6-1-2-7-18)22-11-9-21(10-12-22)14-16-13-17-5-3-4-8-23(17)20-16/h3-5,8,13,18H,1-2,6-7,9-12,14-15H2. The first kappa shape index (κ1) is 16.9. The second-order valence-electron chi connectivity index (χ2n) is 7.08. The maximum atomic E-state index is 12.4. The average Bonchev–Trinajstić information content (AvgIpc) is 3.29. The highest BCUT2D eigenvalue weighted by Crippen LogP contribution is 2.29. The van der Waals surface area contributed by atoms with E-state index in [2.05, 4.69) is 22.1 Å². The van der Waals surface area contributed by atoms with E-state index in [9.17, 15) is 4.79 Å². The lowest BCUT2D eigenvalue weighted by molar-refractivity contribution is -0.130. The predicted molar refractivity (Wildman–Crippen MR) is 102 cm³/mol. The molecule has 2 aliphatic rings. The van der Waals surface area contributed by atoms with Crippen molar-refractivity contribution < 1.29 is 4.79 Å². The second kappa shape index (κ2) is 7.79. The number of rotatable bonds is 5. The summed E-state index contributed by atoms with van der Waals surface area (Å²) in [6.45, 7) is 4.43. The van der Waals surface area contributed by atoms with E-state index in [-0.39, 0.29) is 0 Å². The molecule has 2 aromatic heterocycles. The molecule has 2 aromatic rings. The van der Waals surface area contributed by atoms with Gasteiger partial charge in [-0.15, -0.1) is 11.8 Å². The van der Waals surface area contributed by atoms with Crippen molar-refractivity contribution in [2.24, 2.45) is 0 Å². The molecule has 1 aliphatic heterocycles. The number of fused-ring (bicyclic) bond motifs is 1. The fourth-order valence-electron chi connectivity index (χ4n) is 3.79. The molecule has 0 aromatic carbocycles. The van der Waals surface area contributed by atoms with Crippen molar-refractivity contribution >= 4 is 23.2 Å². The molecule has 6 heteroatoms. The van der Waals surface area contributed by atoms with Gasteiger partial charge < -0.3 is 4.90 Å². The molecule has 1 aliphatic carbocycles. The minimum atomic E-state index is 0.323. The minimum absolute atomic E-state index is 0.323. The molecule has 1 saturated carbocycles. The molecule has 4 rings (SSSR count). The Morgan fingerprint density at radius 2 is 1.96 bits per heavy atom. The van der Waals surface area contributed by atoms with Crippen LogP contribution in [0.4, 0.5) is 0 Å². The van der Waals surface area contributed by atoms with E-state index in [1.54, 1.807) is 0 Å². The summed E-state index contributed by atoms with van der Waals surface area (Å²) in [5.41, 5.74) is 2.23. The zero-order chi connectivity index (χ0) is 17.1. The van der Waals surface area contributed by atoms with E-state index in [4.69, 9.17) is 0 Å². The molecular formula is C19H26N4OS. The molecule has 0 unspecified atom stereocenters. The van der Waals surface area contributed by atoms with Crippen LogP contribution in [0, 0.1) is 0 Å². The van der Waals surface area contributed by atoms with Crippen LogP contribution >= 0.6 is 11.8 Å². The molecule has 134 valence electrons. The van der Waals surface area contributed by atoms with Crippen LogP contribution in [0.5, 0.6) is 0 Å². The highest BCUT2D eigenvalue weighted by Gasteiger charge is 2.23. The summed E-state index contributed by atoms with van der Waals surface area (Å²) < 4.78 is 1.93. The Morgan fingerprint density at radius 3 is 2.72 bits per heavy atom. The van der Waals surface area contributed by atoms with Crippen LogP contribution in [0.1, 0.15) is 31.4 Å². The van der Waals surface area contributed by atoms with Crippen molar-refractivity contribution in [3.8, 4) is 0 Å². The van der Waals surface area contributed by atoms with Gasteiger partial charge >= 0.3 is 0 Å². The first-order chi connectivity index (χ1) is 12.3. The van der Waals surface area contributed by atoms with Crippen molar-refractivity contribution in [3.63, 3.8) is 0 Å². The zero-order valence-electron chi connectivity index (χ0n) is 14.6. The maximum absolute atomic E-state index is 12.4. The molecule has 1 amide bonds. The van der Waals surface area contributed by atoms with E-state index >= 15 is 0 Å². The lowest BCUT2D eigenvalue weighted by Crippen LogP contribution is -2.49. The van der Waals surface area contributed by atoms with Crippen LogP contribution in [0.2, 0.25) is 0 Å². The third-order valence-electron chi connectivity index (χ3n) is 5.28. The van der Waals surface area contributed by atoms with Gasteiger partial charge in [0, 0.05) is 44.2 Å². The summed E-state index contributed by atoms with van der Waals surface area (Å²) in [5.74, 6) is 0.987. The zero-order valence-corrected chi connectivity index (χ0v) is 15.5. The van der Waals surface area contributed by atoms with Crippen molar-refractivity contribution in [1.29, 1.82) is 0 Å². The van der Waals surface area contributed by atoms with Gasteiger partial charge in [-0.05, 0) is 31.0 Å². The van der Waals surface area contributed by atoms with Gasteiger partial charge in [-0.2, -0.15) is 5.10 Å². The lowest BCUT2D eigenvalue weighted by atomic mass is 10.3. The fourth-order valence-corrected chi connectivity index (χ4v) is 5.02. The van der Waals surface area contributed by atoms with Gasteiger partial charge in [-0.3, -0.25) is 9.69 Å². The molecule has 1 saturated heterocycles. The van der Waals surface area contributed by atoms with Gasteiger partial charge in [0.1, 0.15) is 0 Å². The van der Waals surface area contributed by atoms with Crippen molar-refractivity contribution in [2.75, 3.05) is 31.9 Å². The number of hydrogen-bond donors (Lipinski definition) is 0. The molecular weight excluding hydrogens is 332 g/mol. The number of carbonyl (C=O) groups excluding carboxylic acids is 1. The third kappa shape index (κ3) is 4.18. The van der Waals surface area contributed by atoms with Gasteiger partial charge in [-0.1, -0.05) is 18.9 Å². The summed E-state index contributed by atoms with van der Waals surface area (Å²) in [6, 6.07) is 8.26. The van der Waals surface area contributed by atoms with Crippen LogP contribution < -0.4 is 0 Å². The van der Waals surface area contributed by atoms with Gasteiger partial charge in [0.05, 0.1) is 17.0 Å². The Kier molecular flexibility index (Phi) is 5.27. The Bertz CT molecular complexity index is 684. The number of aromatic nitrogens is 2. The van der Waals surface area contributed by atoms with E-state index < -0.39 is 0 Å². The second-order valence-corrected chi connectivity index (χ2v) is 8.37. The topological polar surface area (TPSA) is 40.9 Å². The van der Waals surface area contributed by atoms with Crippen LogP contribution in [0.25, 0.3) is 5.52 Å². The van der Waals surface area contributed by atoms with Gasteiger partial charge in [0.15, 0.2) is 0 Å². The normalized spacial score (nSPS) is 19.8. The third-order valence-corrected chi connectivity index (χ3v) is 6.63. The van der Waals surface area contributed by atoms with E-state index in [1.165, 1.54) is 25.7 Å². The van der Waals surface area contributed by atoms with Gasteiger partial charge in [0.2, 0.25) is 5.91 Å². The summed E-state index contributed by atoms with van der Waals surface area (Å²) in [7, 11) is 0. The molecule has 3 heterocycles. The predicted octanol–water partition coefficient (Wildman–Crippen LogP) is 2.65. The van der Waals surface area contributed by atoms with Crippen LogP contribution in [0.15, 0.2) is 30.5 Å². The summed E-state index contributed by atoms with van der Waals surface area (Å²) in [6.07, 6.45) is 7.26. The molecule has 25 heavy (non-hydrogen) atoms. The van der Waals surface area contributed by atoms with Gasteiger partial charge in [-0.25, -0.2) is 4.52 Å². The summed E-state index contributed by atoms with van der Waals surface area (Å²) >= 11 is 1.87. The smallest absolute Gasteiger partial charge is 0.232 e. The van der Waals surface area contributed by atoms with Crippen molar-refractivity contribution in [3.05, 3.63) is 36.2 Å². The number of thioether (sulfide) groups is 1. The molecule has 0 radical (unpaired) electrons. The number of carbonyl (C=O) groups is 1. The number of hydrogen-bond acceptors (Lipinski definition) is 4. The highest BCUT2D eigenvalue weighted by atomic mass is 32.2. The summed E-state index contributed by atoms with van der Waals surface area (Å²) in [5, 5.41) is 5.35. The SMILES string of the molecule is O=C(CSC1CCCC1)N1CCN(Cc2cc3ccccn3n2)CC1. The molecule has 0 spiro atoms. The Morgan fingerprint density at radius 1 is 1.16 bits per heavy atom. The number of piperazine rings is 1. The average molecular weight is 359 g/mol. The van der Waals surface area contributed by atoms with Crippen LogP contribution in [0.3, 0.4) is 0 Å². The summed E-state index contributed by atoms with van der Waals surface area (Å²) in [4.78, 5) is 16.9. The first-order valence-electron chi connectivity index (χ1n) is 9.33. The number of nitrogens with zero attached hydrogens (tertiary/aromatic N) is 4. The molecule has 2 fully saturated rings. The van der Waals surface area contributed by atoms with Crippen molar-refractivity contribution in [2.45, 2.75) is 37.5 Å². The van der Waals surface area contributed by atoms with Crippen LogP contribution in [-0.4, -0.2) is 62.5 Å².